The van der Waals surface area contributed by atoms with Crippen molar-refractivity contribution < 1.29 is 4.79 Å². The predicted octanol–water partition coefficient (Wildman–Crippen LogP) is 3.00. The first kappa shape index (κ1) is 22.8. The Morgan fingerprint density at radius 3 is 2.26 bits per heavy atom. The van der Waals surface area contributed by atoms with Crippen LogP contribution in [0.5, 0.6) is 0 Å². The van der Waals surface area contributed by atoms with Crippen molar-refractivity contribution in [3.63, 3.8) is 0 Å². The quantitative estimate of drug-likeness (QED) is 0.508. The molecule has 31 heavy (non-hydrogen) atoms. The van der Waals surface area contributed by atoms with E-state index in [4.69, 9.17) is 0 Å². The first-order valence-electron chi connectivity index (χ1n) is 11.2. The van der Waals surface area contributed by atoms with Gasteiger partial charge in [-0.2, -0.15) is 0 Å². The molecule has 0 bridgehead atoms. The normalized spacial score (nSPS) is 14.8. The molecule has 0 aromatic heterocycles. The zero-order valence-corrected chi connectivity index (χ0v) is 18.8. The first-order valence-corrected chi connectivity index (χ1v) is 11.2. The minimum atomic E-state index is 0.0104. The maximum atomic E-state index is 12.0. The van der Waals surface area contributed by atoms with E-state index in [0.29, 0.717) is 19.0 Å². The number of hydrogen-bond acceptors (Lipinski definition) is 3. The lowest BCUT2D eigenvalue weighted by Crippen LogP contribution is -2.42. The summed E-state index contributed by atoms with van der Waals surface area (Å²) >= 11 is 0. The van der Waals surface area contributed by atoms with Gasteiger partial charge >= 0.3 is 0 Å². The van der Waals surface area contributed by atoms with Crippen LogP contribution in [0.2, 0.25) is 0 Å². The molecule has 2 N–H and O–H groups in total. The minimum Gasteiger partial charge on any atom is -0.352 e. The van der Waals surface area contributed by atoms with Crippen LogP contribution in [0.4, 0.5) is 0 Å². The second kappa shape index (κ2) is 12.1. The van der Waals surface area contributed by atoms with E-state index < -0.39 is 0 Å². The van der Waals surface area contributed by atoms with Gasteiger partial charge < -0.3 is 15.5 Å². The summed E-state index contributed by atoms with van der Waals surface area (Å²) in [5.41, 5.74) is 3.68. The zero-order chi connectivity index (χ0) is 21.9. The number of guanidine groups is 1. The Morgan fingerprint density at radius 2 is 1.58 bits per heavy atom. The number of nitrogens with zero attached hydrogens (tertiary/aromatic N) is 3. The van der Waals surface area contributed by atoms with Crippen LogP contribution in [0.3, 0.4) is 0 Å². The molecule has 3 rings (SSSR count). The highest BCUT2D eigenvalue weighted by atomic mass is 16.2. The Hall–Kier alpha value is -2.86. The SMILES string of the molecule is CN(C)C(=O)CNC(=NCc1ccccc1)NCc1ccc(CN2CCCCC2)cc1. The van der Waals surface area contributed by atoms with Gasteiger partial charge in [0, 0.05) is 27.2 Å². The maximum absolute atomic E-state index is 12.0. The monoisotopic (exact) mass is 421 g/mol. The van der Waals surface area contributed by atoms with Crippen molar-refractivity contribution in [2.24, 2.45) is 4.99 Å². The van der Waals surface area contributed by atoms with Crippen molar-refractivity contribution in [3.8, 4) is 0 Å². The van der Waals surface area contributed by atoms with Crippen molar-refractivity contribution in [3.05, 3.63) is 71.3 Å². The number of likely N-dealkylation sites (N-methyl/N-ethyl adjacent to an activating group) is 1. The molecule has 0 radical (unpaired) electrons. The third kappa shape index (κ3) is 8.06. The van der Waals surface area contributed by atoms with Gasteiger partial charge in [0.1, 0.15) is 0 Å². The van der Waals surface area contributed by atoms with E-state index in [1.807, 2.05) is 30.3 Å². The Bertz CT molecular complexity index is 827. The van der Waals surface area contributed by atoms with Crippen molar-refractivity contribution in [1.82, 2.24) is 20.4 Å². The molecule has 0 aliphatic carbocycles. The molecule has 6 heteroatoms. The predicted molar refractivity (Wildman–Crippen MR) is 127 cm³/mol. The number of rotatable bonds is 8. The molecule has 166 valence electrons. The molecule has 1 saturated heterocycles. The number of piperidine rings is 1. The molecule has 1 fully saturated rings. The Balaban J connectivity index is 1.55. The van der Waals surface area contributed by atoms with Crippen LogP contribution >= 0.6 is 0 Å². The third-order valence-electron chi connectivity index (χ3n) is 5.51. The average Bonchev–Trinajstić information content (AvgIpc) is 2.80. The van der Waals surface area contributed by atoms with Crippen molar-refractivity contribution in [1.29, 1.82) is 0 Å². The van der Waals surface area contributed by atoms with Gasteiger partial charge in [-0.25, -0.2) is 4.99 Å². The number of carbonyl (C=O) groups is 1. The van der Waals surface area contributed by atoms with Crippen molar-refractivity contribution >= 4 is 11.9 Å². The van der Waals surface area contributed by atoms with Crippen molar-refractivity contribution in [2.75, 3.05) is 33.7 Å². The molecular formula is C25H35N5O. The standard InChI is InChI=1S/C25H35N5O/c1-29(2)24(31)19-28-25(26-17-21-9-5-3-6-10-21)27-18-22-11-13-23(14-12-22)20-30-15-7-4-8-16-30/h3,5-6,9-14H,4,7-8,15-20H2,1-2H3,(H2,26,27,28). The molecule has 1 heterocycles. The topological polar surface area (TPSA) is 60.0 Å². The van der Waals surface area contributed by atoms with Gasteiger partial charge in [0.05, 0.1) is 13.1 Å². The highest BCUT2D eigenvalue weighted by molar-refractivity contribution is 5.86. The first-order chi connectivity index (χ1) is 15.1. The second-order valence-electron chi connectivity index (χ2n) is 8.30. The number of nitrogens with one attached hydrogen (secondary N) is 2. The smallest absolute Gasteiger partial charge is 0.241 e. The van der Waals surface area contributed by atoms with Gasteiger partial charge in [-0.05, 0) is 42.6 Å². The highest BCUT2D eigenvalue weighted by Crippen LogP contribution is 2.13. The molecule has 0 saturated carbocycles. The van der Waals surface area contributed by atoms with Gasteiger partial charge in [0.2, 0.25) is 5.91 Å². The number of carbonyl (C=O) groups excluding carboxylic acids is 1. The Morgan fingerprint density at radius 1 is 0.903 bits per heavy atom. The van der Waals surface area contributed by atoms with Crippen LogP contribution in [-0.4, -0.2) is 55.4 Å². The molecule has 2 aromatic carbocycles. The lowest BCUT2D eigenvalue weighted by atomic mass is 10.1. The van der Waals surface area contributed by atoms with Gasteiger partial charge in [-0.3, -0.25) is 9.69 Å². The third-order valence-corrected chi connectivity index (χ3v) is 5.51. The molecule has 6 nitrogen and oxygen atoms in total. The van der Waals surface area contributed by atoms with Crippen LogP contribution in [0.1, 0.15) is 36.0 Å². The summed E-state index contributed by atoms with van der Waals surface area (Å²) in [7, 11) is 3.51. The van der Waals surface area contributed by atoms with E-state index in [-0.39, 0.29) is 12.5 Å². The van der Waals surface area contributed by atoms with E-state index in [2.05, 4.69) is 44.8 Å². The number of hydrogen-bond donors (Lipinski definition) is 2. The van der Waals surface area contributed by atoms with Gasteiger partial charge in [0.15, 0.2) is 5.96 Å². The molecular weight excluding hydrogens is 386 g/mol. The van der Waals surface area contributed by atoms with Gasteiger partial charge in [-0.15, -0.1) is 0 Å². The highest BCUT2D eigenvalue weighted by Gasteiger charge is 2.10. The van der Waals surface area contributed by atoms with E-state index >= 15 is 0 Å². The van der Waals surface area contributed by atoms with Crippen molar-refractivity contribution in [2.45, 2.75) is 38.9 Å². The Kier molecular flexibility index (Phi) is 8.91. The largest absolute Gasteiger partial charge is 0.352 e. The van der Waals surface area contributed by atoms with E-state index in [0.717, 1.165) is 12.1 Å². The maximum Gasteiger partial charge on any atom is 0.241 e. The summed E-state index contributed by atoms with van der Waals surface area (Å²) in [4.78, 5) is 20.7. The summed E-state index contributed by atoms with van der Waals surface area (Å²) in [6.45, 7) is 4.87. The lowest BCUT2D eigenvalue weighted by Gasteiger charge is -2.26. The summed E-state index contributed by atoms with van der Waals surface area (Å²) in [5, 5.41) is 6.51. The summed E-state index contributed by atoms with van der Waals surface area (Å²) in [6.07, 6.45) is 4.00. The Labute approximate surface area is 186 Å². The van der Waals surface area contributed by atoms with Crippen LogP contribution in [0.25, 0.3) is 0 Å². The molecule has 1 aliphatic heterocycles. The molecule has 1 aliphatic rings. The molecule has 2 aromatic rings. The van der Waals surface area contributed by atoms with Crippen LogP contribution in [0.15, 0.2) is 59.6 Å². The summed E-state index contributed by atoms with van der Waals surface area (Å²) in [6, 6.07) is 18.9. The van der Waals surface area contributed by atoms with Gasteiger partial charge in [-0.1, -0.05) is 61.0 Å². The van der Waals surface area contributed by atoms with E-state index in [9.17, 15) is 4.79 Å². The van der Waals surface area contributed by atoms with Crippen LogP contribution in [0, 0.1) is 0 Å². The average molecular weight is 422 g/mol. The minimum absolute atomic E-state index is 0.0104. The van der Waals surface area contributed by atoms with E-state index in [1.165, 1.54) is 43.5 Å². The van der Waals surface area contributed by atoms with E-state index in [1.54, 1.807) is 19.0 Å². The zero-order valence-electron chi connectivity index (χ0n) is 18.8. The van der Waals surface area contributed by atoms with Crippen LogP contribution in [-0.2, 0) is 24.4 Å². The number of aliphatic imine (C=N–C) groups is 1. The molecule has 0 spiro atoms. The fourth-order valence-electron chi connectivity index (χ4n) is 3.57. The van der Waals surface area contributed by atoms with Crippen LogP contribution < -0.4 is 10.6 Å². The number of likely N-dealkylation sites (tertiary alicyclic amines) is 1. The van der Waals surface area contributed by atoms with Gasteiger partial charge in [0.25, 0.3) is 0 Å². The molecule has 1 amide bonds. The molecule has 0 atom stereocenters. The molecule has 0 unspecified atom stereocenters. The fourth-order valence-corrected chi connectivity index (χ4v) is 3.57. The summed E-state index contributed by atoms with van der Waals surface area (Å²) in [5.74, 6) is 0.646. The number of benzene rings is 2. The lowest BCUT2D eigenvalue weighted by molar-refractivity contribution is -0.127. The fraction of sp³-hybridized carbons (Fsp3) is 0.440. The number of amides is 1. The summed E-state index contributed by atoms with van der Waals surface area (Å²) < 4.78 is 0. The second-order valence-corrected chi connectivity index (χ2v) is 8.30.